The van der Waals surface area contributed by atoms with Gasteiger partial charge in [-0.15, -0.1) is 0 Å². The van der Waals surface area contributed by atoms with Crippen LogP contribution in [0.15, 0.2) is 0 Å². The van der Waals surface area contributed by atoms with Gasteiger partial charge < -0.3 is 15.6 Å². The molecule has 3 unspecified atom stereocenters. The lowest BCUT2D eigenvalue weighted by molar-refractivity contribution is 0.0140. The SMILES string of the molecule is CCCCC(CC)COC(C)CC(C)(N)CO. The summed E-state index contributed by atoms with van der Waals surface area (Å²) in [5.41, 5.74) is 5.38. The van der Waals surface area contributed by atoms with Gasteiger partial charge >= 0.3 is 0 Å². The van der Waals surface area contributed by atoms with Crippen LogP contribution >= 0.6 is 0 Å². The minimum absolute atomic E-state index is 0.00768. The van der Waals surface area contributed by atoms with E-state index in [-0.39, 0.29) is 12.7 Å². The van der Waals surface area contributed by atoms with Gasteiger partial charge in [0.1, 0.15) is 0 Å². The van der Waals surface area contributed by atoms with Gasteiger partial charge in [0.05, 0.1) is 12.7 Å². The van der Waals surface area contributed by atoms with Gasteiger partial charge in [-0.25, -0.2) is 0 Å². The summed E-state index contributed by atoms with van der Waals surface area (Å²) in [6.45, 7) is 9.16. The van der Waals surface area contributed by atoms with Crippen molar-refractivity contribution in [1.29, 1.82) is 0 Å². The molecule has 17 heavy (non-hydrogen) atoms. The highest BCUT2D eigenvalue weighted by atomic mass is 16.5. The van der Waals surface area contributed by atoms with Crippen molar-refractivity contribution < 1.29 is 9.84 Å². The number of unbranched alkanes of at least 4 members (excludes halogenated alkanes) is 1. The lowest BCUT2D eigenvalue weighted by atomic mass is 9.97. The van der Waals surface area contributed by atoms with Crippen molar-refractivity contribution in [2.24, 2.45) is 11.7 Å². The van der Waals surface area contributed by atoms with E-state index in [0.717, 1.165) is 6.61 Å². The first kappa shape index (κ1) is 16.9. The minimum atomic E-state index is -0.523. The second kappa shape index (κ2) is 8.90. The molecule has 0 bridgehead atoms. The molecule has 0 saturated carbocycles. The highest BCUT2D eigenvalue weighted by Gasteiger charge is 2.21. The van der Waals surface area contributed by atoms with E-state index >= 15 is 0 Å². The summed E-state index contributed by atoms with van der Waals surface area (Å²) in [5, 5.41) is 9.10. The van der Waals surface area contributed by atoms with Crippen molar-refractivity contribution in [3.63, 3.8) is 0 Å². The smallest absolute Gasteiger partial charge is 0.0609 e. The number of ether oxygens (including phenoxy) is 1. The predicted molar refractivity (Wildman–Crippen MR) is 73.0 cm³/mol. The van der Waals surface area contributed by atoms with E-state index in [9.17, 15) is 0 Å². The highest BCUT2D eigenvalue weighted by Crippen LogP contribution is 2.16. The normalized spacial score (nSPS) is 18.7. The third-order valence-corrected chi connectivity index (χ3v) is 3.27. The molecular formula is C14H31NO2. The Morgan fingerprint density at radius 1 is 1.35 bits per heavy atom. The van der Waals surface area contributed by atoms with Crippen LogP contribution in [-0.4, -0.2) is 30.0 Å². The van der Waals surface area contributed by atoms with E-state index in [4.69, 9.17) is 15.6 Å². The monoisotopic (exact) mass is 245 g/mol. The van der Waals surface area contributed by atoms with Gasteiger partial charge in [0.25, 0.3) is 0 Å². The fraction of sp³-hybridized carbons (Fsp3) is 1.00. The Labute approximate surface area is 107 Å². The van der Waals surface area contributed by atoms with E-state index in [1.807, 2.05) is 13.8 Å². The zero-order valence-electron chi connectivity index (χ0n) is 12.0. The Morgan fingerprint density at radius 3 is 2.47 bits per heavy atom. The van der Waals surface area contributed by atoms with Crippen molar-refractivity contribution >= 4 is 0 Å². The number of hydrogen-bond acceptors (Lipinski definition) is 3. The summed E-state index contributed by atoms with van der Waals surface area (Å²) in [5.74, 6) is 0.663. The molecule has 3 heteroatoms. The van der Waals surface area contributed by atoms with Crippen LogP contribution in [0.1, 0.15) is 59.8 Å². The molecule has 0 fully saturated rings. The van der Waals surface area contributed by atoms with E-state index in [1.54, 1.807) is 0 Å². The van der Waals surface area contributed by atoms with E-state index in [2.05, 4.69) is 13.8 Å². The maximum Gasteiger partial charge on any atom is 0.0609 e. The van der Waals surface area contributed by atoms with Crippen molar-refractivity contribution in [2.75, 3.05) is 13.2 Å². The minimum Gasteiger partial charge on any atom is -0.394 e. The summed E-state index contributed by atoms with van der Waals surface area (Å²) in [6, 6.07) is 0. The maximum absolute atomic E-state index is 9.10. The van der Waals surface area contributed by atoms with E-state index in [0.29, 0.717) is 12.3 Å². The molecular weight excluding hydrogens is 214 g/mol. The third-order valence-electron chi connectivity index (χ3n) is 3.27. The van der Waals surface area contributed by atoms with Gasteiger partial charge in [-0.2, -0.15) is 0 Å². The Morgan fingerprint density at radius 2 is 2.00 bits per heavy atom. The lowest BCUT2D eigenvalue weighted by Gasteiger charge is -2.27. The molecule has 0 aliphatic heterocycles. The maximum atomic E-state index is 9.10. The molecule has 0 rings (SSSR count). The molecule has 0 spiro atoms. The molecule has 3 atom stereocenters. The molecule has 0 aromatic rings. The number of rotatable bonds is 10. The van der Waals surface area contributed by atoms with Crippen LogP contribution in [0.4, 0.5) is 0 Å². The van der Waals surface area contributed by atoms with Gasteiger partial charge in [0.15, 0.2) is 0 Å². The highest BCUT2D eigenvalue weighted by molar-refractivity contribution is 4.80. The molecule has 0 aliphatic rings. The largest absolute Gasteiger partial charge is 0.394 e. The first-order chi connectivity index (χ1) is 7.95. The molecule has 3 N–H and O–H groups in total. The Hall–Kier alpha value is -0.120. The molecule has 3 nitrogen and oxygen atoms in total. The zero-order valence-corrected chi connectivity index (χ0v) is 12.0. The van der Waals surface area contributed by atoms with Gasteiger partial charge in [-0.1, -0.05) is 33.1 Å². The fourth-order valence-electron chi connectivity index (χ4n) is 1.98. The summed E-state index contributed by atoms with van der Waals surface area (Å²) >= 11 is 0. The molecule has 0 radical (unpaired) electrons. The standard InChI is InChI=1S/C14H31NO2/c1-5-7-8-13(6-2)10-17-12(3)9-14(4,15)11-16/h12-13,16H,5-11,15H2,1-4H3. The first-order valence-electron chi connectivity index (χ1n) is 6.96. The average Bonchev–Trinajstić information content (AvgIpc) is 2.29. The van der Waals surface area contributed by atoms with E-state index < -0.39 is 5.54 Å². The van der Waals surface area contributed by atoms with Gasteiger partial charge in [-0.05, 0) is 32.6 Å². The molecule has 0 aromatic carbocycles. The summed E-state index contributed by atoms with van der Waals surface area (Å²) in [7, 11) is 0. The second-order valence-corrected chi connectivity index (χ2v) is 5.58. The lowest BCUT2D eigenvalue weighted by Crippen LogP contribution is -2.43. The number of nitrogens with two attached hydrogens (primary N) is 1. The van der Waals surface area contributed by atoms with Crippen LogP contribution in [-0.2, 0) is 4.74 Å². The quantitative estimate of drug-likeness (QED) is 0.622. The van der Waals surface area contributed by atoms with Crippen molar-refractivity contribution in [1.82, 2.24) is 0 Å². The average molecular weight is 245 g/mol. The molecule has 0 saturated heterocycles. The van der Waals surface area contributed by atoms with Crippen LogP contribution < -0.4 is 5.73 Å². The Balaban J connectivity index is 3.84. The molecule has 0 amide bonds. The van der Waals surface area contributed by atoms with Gasteiger partial charge in [0, 0.05) is 12.1 Å². The Bertz CT molecular complexity index is 183. The van der Waals surface area contributed by atoms with Gasteiger partial charge in [-0.3, -0.25) is 0 Å². The van der Waals surface area contributed by atoms with Gasteiger partial charge in [0.2, 0.25) is 0 Å². The van der Waals surface area contributed by atoms with Crippen LogP contribution in [0.3, 0.4) is 0 Å². The van der Waals surface area contributed by atoms with Crippen molar-refractivity contribution in [2.45, 2.75) is 71.4 Å². The number of hydrogen-bond donors (Lipinski definition) is 2. The molecule has 0 aliphatic carbocycles. The summed E-state index contributed by atoms with van der Waals surface area (Å²) in [6.07, 6.45) is 5.77. The van der Waals surface area contributed by atoms with Crippen LogP contribution in [0.2, 0.25) is 0 Å². The molecule has 0 aromatic heterocycles. The van der Waals surface area contributed by atoms with E-state index in [1.165, 1.54) is 25.7 Å². The fourth-order valence-corrected chi connectivity index (χ4v) is 1.98. The Kier molecular flexibility index (Phi) is 8.83. The number of aliphatic hydroxyl groups is 1. The van der Waals surface area contributed by atoms with Crippen LogP contribution in [0.25, 0.3) is 0 Å². The number of aliphatic hydroxyl groups excluding tert-OH is 1. The second-order valence-electron chi connectivity index (χ2n) is 5.58. The molecule has 0 heterocycles. The zero-order chi connectivity index (χ0) is 13.3. The first-order valence-corrected chi connectivity index (χ1v) is 6.96. The summed E-state index contributed by atoms with van der Waals surface area (Å²) < 4.78 is 5.84. The van der Waals surface area contributed by atoms with Crippen molar-refractivity contribution in [3.05, 3.63) is 0 Å². The third kappa shape index (κ3) is 8.58. The van der Waals surface area contributed by atoms with Crippen molar-refractivity contribution in [3.8, 4) is 0 Å². The summed E-state index contributed by atoms with van der Waals surface area (Å²) in [4.78, 5) is 0. The van der Waals surface area contributed by atoms with Crippen LogP contribution in [0.5, 0.6) is 0 Å². The molecule has 104 valence electrons. The topological polar surface area (TPSA) is 55.5 Å². The van der Waals surface area contributed by atoms with Crippen LogP contribution in [0, 0.1) is 5.92 Å². The predicted octanol–water partition coefficient (Wildman–Crippen LogP) is 2.71.